The Balaban J connectivity index is 1.69. The van der Waals surface area contributed by atoms with E-state index in [1.165, 1.54) is 5.39 Å². The van der Waals surface area contributed by atoms with Gasteiger partial charge in [-0.1, -0.05) is 77.8 Å². The highest BCUT2D eigenvalue weighted by atomic mass is 16.5. The fraction of sp³-hybridized carbons (Fsp3) is 0. The largest absolute Gasteiger partial charge is 0.347 e. The molecule has 2 heteroatoms. The van der Waals surface area contributed by atoms with E-state index in [1.54, 1.807) is 0 Å². The molecule has 0 aliphatic rings. The van der Waals surface area contributed by atoms with Gasteiger partial charge in [0.15, 0.2) is 0 Å². The third kappa shape index (κ3) is 2.73. The van der Waals surface area contributed by atoms with Crippen molar-refractivity contribution in [2.24, 2.45) is 0 Å². The van der Waals surface area contributed by atoms with E-state index >= 15 is 0 Å². The van der Waals surface area contributed by atoms with Crippen LogP contribution in [-0.4, -0.2) is 5.16 Å². The summed E-state index contributed by atoms with van der Waals surface area (Å²) in [6, 6.07) is 26.1. The topological polar surface area (TPSA) is 26.0 Å². The van der Waals surface area contributed by atoms with Crippen LogP contribution in [0.15, 0.2) is 83.4 Å². The third-order valence-electron chi connectivity index (χ3n) is 3.69. The number of fused-ring (bicyclic) bond motifs is 1. The monoisotopic (exact) mass is 295 g/mol. The van der Waals surface area contributed by atoms with E-state index in [0.717, 1.165) is 22.2 Å². The second-order valence-electron chi connectivity index (χ2n) is 5.22. The lowest BCUT2D eigenvalue weighted by Crippen LogP contribution is -1.79. The summed E-state index contributed by atoms with van der Waals surface area (Å²) >= 11 is 0. The molecule has 0 aliphatic heterocycles. The van der Waals surface area contributed by atoms with Crippen LogP contribution in [0.25, 0.3) is 22.0 Å². The van der Waals surface area contributed by atoms with Crippen LogP contribution in [0.3, 0.4) is 0 Å². The molecule has 0 atom stereocenters. The fourth-order valence-electron chi connectivity index (χ4n) is 2.54. The maximum Gasteiger partial charge on any atom is 0.210 e. The zero-order valence-electron chi connectivity index (χ0n) is 12.4. The zero-order valence-corrected chi connectivity index (χ0v) is 12.4. The number of hydrogen-bond acceptors (Lipinski definition) is 2. The Morgan fingerprint density at radius 1 is 0.739 bits per heavy atom. The van der Waals surface area contributed by atoms with Crippen molar-refractivity contribution in [1.82, 2.24) is 5.16 Å². The molecule has 0 amide bonds. The minimum atomic E-state index is 0.566. The highest BCUT2D eigenvalue weighted by Gasteiger charge is 2.04. The molecule has 0 unspecified atom stereocenters. The van der Waals surface area contributed by atoms with Gasteiger partial charge in [-0.15, -0.1) is 0 Å². The molecule has 108 valence electrons. The van der Waals surface area contributed by atoms with Crippen molar-refractivity contribution in [2.75, 3.05) is 0 Å². The molecule has 4 rings (SSSR count). The Hall–Kier alpha value is -3.31. The minimum Gasteiger partial charge on any atom is -0.347 e. The van der Waals surface area contributed by atoms with Gasteiger partial charge in [-0.05, 0) is 22.8 Å². The average Bonchev–Trinajstić information content (AvgIpc) is 3.10. The smallest absolute Gasteiger partial charge is 0.210 e. The van der Waals surface area contributed by atoms with Crippen LogP contribution in [0.1, 0.15) is 11.3 Å². The van der Waals surface area contributed by atoms with E-state index in [4.69, 9.17) is 4.52 Å². The Kier molecular flexibility index (Phi) is 3.38. The number of aromatic nitrogens is 1. The van der Waals surface area contributed by atoms with Gasteiger partial charge in [0.1, 0.15) is 5.69 Å². The quantitative estimate of drug-likeness (QED) is 0.467. The van der Waals surface area contributed by atoms with Gasteiger partial charge >= 0.3 is 0 Å². The molecule has 1 heterocycles. The van der Waals surface area contributed by atoms with Crippen molar-refractivity contribution in [1.29, 1.82) is 0 Å². The van der Waals surface area contributed by atoms with E-state index in [2.05, 4.69) is 35.2 Å². The van der Waals surface area contributed by atoms with Gasteiger partial charge in [0.25, 0.3) is 0 Å². The first-order valence-corrected chi connectivity index (χ1v) is 7.42. The summed E-state index contributed by atoms with van der Waals surface area (Å²) in [6.45, 7) is 0. The van der Waals surface area contributed by atoms with Gasteiger partial charge in [0.05, 0.1) is 0 Å². The van der Waals surface area contributed by atoms with Gasteiger partial charge in [0, 0.05) is 17.2 Å². The van der Waals surface area contributed by atoms with Crippen LogP contribution in [0.2, 0.25) is 0 Å². The van der Waals surface area contributed by atoms with Gasteiger partial charge in [-0.25, -0.2) is 0 Å². The second-order valence-corrected chi connectivity index (χ2v) is 5.22. The summed E-state index contributed by atoms with van der Waals surface area (Å²) in [5.74, 6) is 6.82. The molecule has 23 heavy (non-hydrogen) atoms. The zero-order chi connectivity index (χ0) is 15.5. The van der Waals surface area contributed by atoms with Crippen molar-refractivity contribution in [3.63, 3.8) is 0 Å². The molecular weight excluding hydrogens is 282 g/mol. The standard InChI is InChI=1S/C21H13NO/c1-2-8-18(9-3-1)21-15-19(23-22-21)14-13-17-11-6-10-16-7-4-5-12-20(16)17/h1-12,15H. The van der Waals surface area contributed by atoms with Crippen LogP contribution in [0.5, 0.6) is 0 Å². The summed E-state index contributed by atoms with van der Waals surface area (Å²) < 4.78 is 5.33. The molecule has 0 spiro atoms. The summed E-state index contributed by atoms with van der Waals surface area (Å²) in [6.07, 6.45) is 0. The Bertz CT molecular complexity index is 1010. The van der Waals surface area contributed by atoms with Crippen molar-refractivity contribution in [3.8, 4) is 23.1 Å². The van der Waals surface area contributed by atoms with Crippen molar-refractivity contribution < 1.29 is 4.52 Å². The first kappa shape index (κ1) is 13.4. The number of nitrogens with zero attached hydrogens (tertiary/aromatic N) is 1. The van der Waals surface area contributed by atoms with Crippen LogP contribution >= 0.6 is 0 Å². The first-order chi connectivity index (χ1) is 11.4. The van der Waals surface area contributed by atoms with Crippen LogP contribution in [0.4, 0.5) is 0 Å². The molecule has 0 N–H and O–H groups in total. The molecule has 0 saturated heterocycles. The summed E-state index contributed by atoms with van der Waals surface area (Å²) in [7, 11) is 0. The number of rotatable bonds is 1. The van der Waals surface area contributed by atoms with Crippen LogP contribution < -0.4 is 0 Å². The number of hydrogen-bond donors (Lipinski definition) is 0. The predicted molar refractivity (Wildman–Crippen MR) is 91.9 cm³/mol. The molecule has 0 aliphatic carbocycles. The van der Waals surface area contributed by atoms with E-state index in [9.17, 15) is 0 Å². The van der Waals surface area contributed by atoms with Crippen molar-refractivity contribution in [3.05, 3.63) is 90.2 Å². The summed E-state index contributed by atoms with van der Waals surface area (Å²) in [4.78, 5) is 0. The lowest BCUT2D eigenvalue weighted by molar-refractivity contribution is 0.413. The molecule has 0 fully saturated rings. The molecule has 4 aromatic rings. The van der Waals surface area contributed by atoms with Gasteiger partial charge in [0.2, 0.25) is 5.76 Å². The Morgan fingerprint density at radius 3 is 2.43 bits per heavy atom. The molecule has 3 aromatic carbocycles. The third-order valence-corrected chi connectivity index (χ3v) is 3.69. The van der Waals surface area contributed by atoms with E-state index < -0.39 is 0 Å². The van der Waals surface area contributed by atoms with Crippen molar-refractivity contribution >= 4 is 10.8 Å². The van der Waals surface area contributed by atoms with E-state index in [0.29, 0.717) is 5.76 Å². The maximum absolute atomic E-state index is 5.33. The molecule has 0 radical (unpaired) electrons. The highest BCUT2D eigenvalue weighted by molar-refractivity contribution is 5.88. The molecule has 0 bridgehead atoms. The minimum absolute atomic E-state index is 0.566. The van der Waals surface area contributed by atoms with Gasteiger partial charge < -0.3 is 4.52 Å². The molecular formula is C21H13NO. The van der Waals surface area contributed by atoms with Gasteiger partial charge in [-0.3, -0.25) is 0 Å². The second kappa shape index (κ2) is 5.82. The number of benzene rings is 3. The normalized spacial score (nSPS) is 10.3. The molecule has 0 saturated carbocycles. The van der Waals surface area contributed by atoms with Crippen LogP contribution in [0, 0.1) is 11.8 Å². The summed E-state index contributed by atoms with van der Waals surface area (Å²) in [5.41, 5.74) is 2.81. The molecule has 1 aromatic heterocycles. The van der Waals surface area contributed by atoms with Crippen molar-refractivity contribution in [2.45, 2.75) is 0 Å². The predicted octanol–water partition coefficient (Wildman–Crippen LogP) is 4.89. The lowest BCUT2D eigenvalue weighted by Gasteiger charge is -1.98. The lowest BCUT2D eigenvalue weighted by atomic mass is 10.1. The fourth-order valence-corrected chi connectivity index (χ4v) is 2.54. The molecule has 2 nitrogen and oxygen atoms in total. The SMILES string of the molecule is C(#Cc1cccc2ccccc12)c1cc(-c2ccccc2)no1. The first-order valence-electron chi connectivity index (χ1n) is 7.42. The van der Waals surface area contributed by atoms with Crippen LogP contribution in [-0.2, 0) is 0 Å². The average molecular weight is 295 g/mol. The Morgan fingerprint density at radius 2 is 1.52 bits per heavy atom. The maximum atomic E-state index is 5.33. The highest BCUT2D eigenvalue weighted by Crippen LogP contribution is 2.19. The van der Waals surface area contributed by atoms with Gasteiger partial charge in [-0.2, -0.15) is 0 Å². The summed E-state index contributed by atoms with van der Waals surface area (Å²) in [5, 5.41) is 6.41. The van der Waals surface area contributed by atoms with E-state index in [1.807, 2.05) is 60.7 Å². The van der Waals surface area contributed by atoms with E-state index in [-0.39, 0.29) is 0 Å². The Labute approximate surface area is 134 Å².